The first-order valence-electron chi connectivity index (χ1n) is 7.27. The summed E-state index contributed by atoms with van der Waals surface area (Å²) in [5.41, 5.74) is 0.519. The molecule has 124 valence electrons. The van der Waals surface area contributed by atoms with Crippen LogP contribution in [0, 0.1) is 0 Å². The molecular formula is C15H17BF2O5. The van der Waals surface area contributed by atoms with Crippen molar-refractivity contribution in [3.63, 3.8) is 0 Å². The number of alkyl halides is 2. The molecular weight excluding hydrogens is 309 g/mol. The number of hydrogen-bond donors (Lipinski definition) is 2. The van der Waals surface area contributed by atoms with Crippen LogP contribution >= 0.6 is 0 Å². The molecule has 8 heteroatoms. The minimum Gasteiger partial charge on any atom is -0.535 e. The van der Waals surface area contributed by atoms with Crippen molar-refractivity contribution in [3.05, 3.63) is 29.3 Å². The van der Waals surface area contributed by atoms with Crippen LogP contribution in [-0.4, -0.2) is 34.9 Å². The lowest BCUT2D eigenvalue weighted by atomic mass is 9.64. The van der Waals surface area contributed by atoms with Gasteiger partial charge >= 0.3 is 13.1 Å². The molecule has 2 rings (SSSR count). The molecule has 1 aromatic carbocycles. The summed E-state index contributed by atoms with van der Waals surface area (Å²) in [5, 5.41) is 19.1. The maximum absolute atomic E-state index is 12.8. The van der Waals surface area contributed by atoms with E-state index in [0.717, 1.165) is 6.92 Å². The van der Waals surface area contributed by atoms with Gasteiger partial charge in [-0.05, 0) is 25.0 Å². The van der Waals surface area contributed by atoms with E-state index in [9.17, 15) is 23.4 Å². The predicted octanol–water partition coefficient (Wildman–Crippen LogP) is 2.56. The first-order chi connectivity index (χ1) is 10.7. The highest BCUT2D eigenvalue weighted by atomic mass is 19.3. The van der Waals surface area contributed by atoms with E-state index in [1.807, 2.05) is 0 Å². The number of carboxylic acids is 1. The van der Waals surface area contributed by atoms with E-state index in [-0.39, 0.29) is 36.4 Å². The number of fused-ring (bicyclic) bond motifs is 1. The van der Waals surface area contributed by atoms with Crippen LogP contribution in [-0.2, 0) is 11.2 Å². The Hall–Kier alpha value is -1.96. The average Bonchev–Trinajstić information content (AvgIpc) is 2.44. The van der Waals surface area contributed by atoms with Crippen molar-refractivity contribution in [3.8, 4) is 5.75 Å². The first-order valence-corrected chi connectivity index (χ1v) is 7.27. The molecule has 1 aliphatic heterocycles. The minimum absolute atomic E-state index is 0.0584. The number of carbonyl (C=O) groups is 2. The number of halogens is 2. The molecule has 2 N–H and O–H groups in total. The van der Waals surface area contributed by atoms with E-state index >= 15 is 0 Å². The van der Waals surface area contributed by atoms with Crippen molar-refractivity contribution in [2.75, 3.05) is 0 Å². The van der Waals surface area contributed by atoms with E-state index in [4.69, 9.17) is 9.76 Å². The predicted molar refractivity (Wildman–Crippen MR) is 78.9 cm³/mol. The number of rotatable bonds is 6. The van der Waals surface area contributed by atoms with Gasteiger partial charge in [-0.3, -0.25) is 4.79 Å². The van der Waals surface area contributed by atoms with Gasteiger partial charge in [-0.15, -0.1) is 0 Å². The first kappa shape index (κ1) is 17.4. The molecule has 0 radical (unpaired) electrons. The topological polar surface area (TPSA) is 83.8 Å². The molecule has 1 atom stereocenters. The highest BCUT2D eigenvalue weighted by Crippen LogP contribution is 2.36. The normalized spacial score (nSPS) is 17.4. The van der Waals surface area contributed by atoms with E-state index in [2.05, 4.69) is 0 Å². The Balaban J connectivity index is 2.06. The molecule has 0 amide bonds. The highest BCUT2D eigenvalue weighted by Gasteiger charge is 2.38. The number of ketones is 1. The van der Waals surface area contributed by atoms with Gasteiger partial charge in [0.15, 0.2) is 0 Å². The van der Waals surface area contributed by atoms with Gasteiger partial charge < -0.3 is 14.8 Å². The Morgan fingerprint density at radius 1 is 1.43 bits per heavy atom. The van der Waals surface area contributed by atoms with Crippen molar-refractivity contribution in [2.24, 2.45) is 0 Å². The van der Waals surface area contributed by atoms with E-state index < -0.39 is 31.2 Å². The van der Waals surface area contributed by atoms with Gasteiger partial charge in [0.1, 0.15) is 11.5 Å². The van der Waals surface area contributed by atoms with Crippen LogP contribution in [0.25, 0.3) is 0 Å². The molecule has 23 heavy (non-hydrogen) atoms. The van der Waals surface area contributed by atoms with Gasteiger partial charge in [0.05, 0.1) is 5.56 Å². The number of Topliss-reactive ketones (excluding diaryl/α,β-unsaturated/α-hetero) is 1. The SMILES string of the molecule is CC(F)(F)CCC(=O)C[C@H]1Cc2cccc(C(=O)O)c2OB1O. The standard InChI is InChI=1S/C15H17BF2O5/c1-15(17,18)6-5-11(19)8-10-7-9-3-2-4-12(14(20)21)13(9)23-16(10)22/h2-4,10,22H,5-8H2,1H3,(H,20,21)/t10-/m1/s1. The van der Waals surface area contributed by atoms with Crippen LogP contribution in [0.5, 0.6) is 5.75 Å². The Morgan fingerprint density at radius 2 is 2.13 bits per heavy atom. The van der Waals surface area contributed by atoms with Crippen LogP contribution < -0.4 is 4.65 Å². The quantitative estimate of drug-likeness (QED) is 0.785. The van der Waals surface area contributed by atoms with E-state index in [1.165, 1.54) is 6.07 Å². The van der Waals surface area contributed by atoms with Crippen LogP contribution in [0.3, 0.4) is 0 Å². The van der Waals surface area contributed by atoms with Crippen LogP contribution in [0.1, 0.15) is 42.1 Å². The third kappa shape index (κ3) is 4.51. The summed E-state index contributed by atoms with van der Waals surface area (Å²) in [6.07, 6.45) is -0.635. The number of hydrogen-bond acceptors (Lipinski definition) is 4. The Bertz CT molecular complexity index is 614. The molecule has 0 spiro atoms. The van der Waals surface area contributed by atoms with Crippen molar-refractivity contribution in [1.29, 1.82) is 0 Å². The summed E-state index contributed by atoms with van der Waals surface area (Å²) >= 11 is 0. The second-order valence-corrected chi connectivity index (χ2v) is 5.88. The molecule has 0 bridgehead atoms. The van der Waals surface area contributed by atoms with Crippen LogP contribution in [0.2, 0.25) is 5.82 Å². The zero-order valence-electron chi connectivity index (χ0n) is 12.6. The summed E-state index contributed by atoms with van der Waals surface area (Å²) in [4.78, 5) is 22.9. The molecule has 0 saturated heterocycles. The lowest BCUT2D eigenvalue weighted by molar-refractivity contribution is -0.121. The Kier molecular flexibility index (Phi) is 5.04. The second-order valence-electron chi connectivity index (χ2n) is 5.88. The zero-order valence-corrected chi connectivity index (χ0v) is 12.6. The summed E-state index contributed by atoms with van der Waals surface area (Å²) in [5.74, 6) is -4.94. The summed E-state index contributed by atoms with van der Waals surface area (Å²) < 4.78 is 30.8. The minimum atomic E-state index is -2.90. The Morgan fingerprint density at radius 3 is 2.74 bits per heavy atom. The molecule has 0 saturated carbocycles. The van der Waals surface area contributed by atoms with Crippen molar-refractivity contribution in [1.82, 2.24) is 0 Å². The molecule has 1 aliphatic rings. The van der Waals surface area contributed by atoms with Gasteiger partial charge in [-0.2, -0.15) is 0 Å². The lowest BCUT2D eigenvalue weighted by Gasteiger charge is -2.28. The maximum atomic E-state index is 12.8. The number of benzene rings is 1. The van der Waals surface area contributed by atoms with Gasteiger partial charge in [0.2, 0.25) is 5.92 Å². The molecule has 0 aliphatic carbocycles. The van der Waals surface area contributed by atoms with Crippen LogP contribution in [0.15, 0.2) is 18.2 Å². The smallest absolute Gasteiger partial charge is 0.526 e. The van der Waals surface area contributed by atoms with Gasteiger partial charge in [0, 0.05) is 25.1 Å². The van der Waals surface area contributed by atoms with Gasteiger partial charge in [0.25, 0.3) is 0 Å². The van der Waals surface area contributed by atoms with Crippen molar-refractivity contribution >= 4 is 18.9 Å². The van der Waals surface area contributed by atoms with Crippen LogP contribution in [0.4, 0.5) is 8.78 Å². The fourth-order valence-electron chi connectivity index (χ4n) is 2.58. The number of carboxylic acid groups (broad SMARTS) is 1. The van der Waals surface area contributed by atoms with Gasteiger partial charge in [-0.1, -0.05) is 12.1 Å². The number of carbonyl (C=O) groups excluding carboxylic acids is 1. The fourth-order valence-corrected chi connectivity index (χ4v) is 2.58. The molecule has 1 aromatic rings. The third-order valence-corrected chi connectivity index (χ3v) is 3.78. The van der Waals surface area contributed by atoms with Gasteiger partial charge in [-0.25, -0.2) is 13.6 Å². The third-order valence-electron chi connectivity index (χ3n) is 3.78. The summed E-state index contributed by atoms with van der Waals surface area (Å²) in [7, 11) is -1.34. The number of para-hydroxylation sites is 1. The maximum Gasteiger partial charge on any atom is 0.526 e. The monoisotopic (exact) mass is 326 g/mol. The second kappa shape index (κ2) is 6.66. The highest BCUT2D eigenvalue weighted by molar-refractivity contribution is 6.47. The van der Waals surface area contributed by atoms with Crippen molar-refractivity contribution in [2.45, 2.75) is 44.3 Å². The lowest BCUT2D eigenvalue weighted by Crippen LogP contribution is -2.36. The van der Waals surface area contributed by atoms with E-state index in [0.29, 0.717) is 5.56 Å². The van der Waals surface area contributed by atoms with Crippen molar-refractivity contribution < 1.29 is 33.2 Å². The average molecular weight is 326 g/mol. The zero-order chi connectivity index (χ0) is 17.2. The number of aromatic carboxylic acids is 1. The molecule has 1 heterocycles. The molecule has 0 aromatic heterocycles. The Labute approximate surface area is 132 Å². The van der Waals surface area contributed by atoms with E-state index in [1.54, 1.807) is 12.1 Å². The molecule has 5 nitrogen and oxygen atoms in total. The fraction of sp³-hybridized carbons (Fsp3) is 0.467. The summed E-state index contributed by atoms with van der Waals surface area (Å²) in [6.45, 7) is 0.753. The largest absolute Gasteiger partial charge is 0.535 e. The summed E-state index contributed by atoms with van der Waals surface area (Å²) in [6, 6.07) is 4.58. The molecule has 0 fully saturated rings. The molecule has 0 unspecified atom stereocenters.